The van der Waals surface area contributed by atoms with Gasteiger partial charge in [-0.2, -0.15) is 5.10 Å². The molecule has 4 nitrogen and oxygen atoms in total. The zero-order valence-corrected chi connectivity index (χ0v) is 13.2. The van der Waals surface area contributed by atoms with Crippen molar-refractivity contribution >= 4 is 5.91 Å². The highest BCUT2D eigenvalue weighted by Gasteiger charge is 2.29. The first kappa shape index (κ1) is 14.8. The van der Waals surface area contributed by atoms with Crippen LogP contribution in [0.5, 0.6) is 0 Å². The number of nitrogens with zero attached hydrogens (tertiary/aromatic N) is 1. The Kier molecular flexibility index (Phi) is 4.27. The molecule has 1 heterocycles. The van der Waals surface area contributed by atoms with Crippen molar-refractivity contribution in [2.75, 3.05) is 0 Å². The first-order valence-electron chi connectivity index (χ1n) is 8.00. The fraction of sp³-hybridized carbons (Fsp3) is 0.444. The number of aromatic amines is 1. The number of carbonyl (C=O) groups is 1. The summed E-state index contributed by atoms with van der Waals surface area (Å²) in [4.78, 5) is 12.4. The molecule has 2 N–H and O–H groups in total. The molecule has 0 aliphatic heterocycles. The molecule has 1 fully saturated rings. The summed E-state index contributed by atoms with van der Waals surface area (Å²) < 4.78 is 0. The monoisotopic (exact) mass is 297 g/mol. The van der Waals surface area contributed by atoms with E-state index in [9.17, 15) is 4.79 Å². The van der Waals surface area contributed by atoms with Crippen LogP contribution < -0.4 is 5.32 Å². The third-order valence-corrected chi connectivity index (χ3v) is 4.71. The number of aromatic nitrogens is 2. The van der Waals surface area contributed by atoms with E-state index in [0.717, 1.165) is 29.8 Å². The van der Waals surface area contributed by atoms with Crippen LogP contribution in [0.3, 0.4) is 0 Å². The number of hydrogen-bond donors (Lipinski definition) is 2. The van der Waals surface area contributed by atoms with Crippen molar-refractivity contribution in [1.82, 2.24) is 15.5 Å². The lowest BCUT2D eigenvalue weighted by atomic mass is 9.94. The van der Waals surface area contributed by atoms with Crippen LogP contribution >= 0.6 is 0 Å². The smallest absolute Gasteiger partial charge is 0.224 e. The number of hydrogen-bond acceptors (Lipinski definition) is 2. The lowest BCUT2D eigenvalue weighted by molar-refractivity contribution is -0.121. The van der Waals surface area contributed by atoms with E-state index in [1.165, 1.54) is 12.0 Å². The maximum absolute atomic E-state index is 12.4. The molecule has 1 aliphatic rings. The van der Waals surface area contributed by atoms with Gasteiger partial charge in [0.15, 0.2) is 0 Å². The summed E-state index contributed by atoms with van der Waals surface area (Å²) in [5.41, 5.74) is 4.25. The van der Waals surface area contributed by atoms with Gasteiger partial charge in [-0.05, 0) is 32.3 Å². The molecule has 2 aromatic rings. The van der Waals surface area contributed by atoms with Gasteiger partial charge in [0.2, 0.25) is 5.91 Å². The van der Waals surface area contributed by atoms with Crippen LogP contribution in [-0.2, 0) is 11.2 Å². The minimum absolute atomic E-state index is 0.0976. The minimum Gasteiger partial charge on any atom is -0.352 e. The van der Waals surface area contributed by atoms with Gasteiger partial charge < -0.3 is 5.32 Å². The van der Waals surface area contributed by atoms with Crippen LogP contribution in [0, 0.1) is 13.8 Å². The third kappa shape index (κ3) is 3.06. The summed E-state index contributed by atoms with van der Waals surface area (Å²) in [5, 5.41) is 10.3. The molecule has 0 unspecified atom stereocenters. The first-order chi connectivity index (χ1) is 10.6. The van der Waals surface area contributed by atoms with Crippen LogP contribution in [0.2, 0.25) is 0 Å². The average Bonchev–Trinajstić information content (AvgIpc) is 3.10. The van der Waals surface area contributed by atoms with Gasteiger partial charge >= 0.3 is 0 Å². The van der Waals surface area contributed by atoms with Gasteiger partial charge in [-0.3, -0.25) is 9.89 Å². The Bertz CT molecular complexity index is 628. The standard InChI is InChI=1S/C18H23N3O/c1-12-16(13(2)21-20-12)11-18(22)19-17-10-6-9-15(17)14-7-4-3-5-8-14/h3-5,7-8,15,17H,6,9-11H2,1-2H3,(H,19,22)(H,20,21)/t15-,17-/m0/s1. The number of nitrogens with one attached hydrogen (secondary N) is 2. The molecule has 0 radical (unpaired) electrons. The van der Waals surface area contributed by atoms with E-state index in [4.69, 9.17) is 0 Å². The molecule has 3 rings (SSSR count). The second-order valence-electron chi connectivity index (χ2n) is 6.21. The lowest BCUT2D eigenvalue weighted by Crippen LogP contribution is -2.37. The Hall–Kier alpha value is -2.10. The van der Waals surface area contributed by atoms with Crippen molar-refractivity contribution < 1.29 is 4.79 Å². The van der Waals surface area contributed by atoms with Crippen molar-refractivity contribution in [2.24, 2.45) is 0 Å². The molecule has 0 saturated heterocycles. The van der Waals surface area contributed by atoms with Crippen molar-refractivity contribution in [3.63, 3.8) is 0 Å². The van der Waals surface area contributed by atoms with Crippen LogP contribution in [0.1, 0.15) is 47.7 Å². The molecule has 1 amide bonds. The number of benzene rings is 1. The summed E-state index contributed by atoms with van der Waals surface area (Å²) in [7, 11) is 0. The van der Waals surface area contributed by atoms with Gasteiger partial charge in [0.1, 0.15) is 0 Å². The summed E-state index contributed by atoms with van der Waals surface area (Å²) in [6.45, 7) is 3.90. The Balaban J connectivity index is 1.66. The number of amides is 1. The molecule has 0 bridgehead atoms. The molecular formula is C18H23N3O. The Labute approximate surface area is 131 Å². The highest BCUT2D eigenvalue weighted by Crippen LogP contribution is 2.34. The van der Waals surface area contributed by atoms with Crippen LogP contribution in [0.15, 0.2) is 30.3 Å². The minimum atomic E-state index is 0.0976. The molecule has 2 atom stereocenters. The van der Waals surface area contributed by atoms with Crippen LogP contribution in [0.25, 0.3) is 0 Å². The zero-order valence-electron chi connectivity index (χ0n) is 13.2. The molecule has 1 aliphatic carbocycles. The number of carbonyl (C=O) groups excluding carboxylic acids is 1. The Morgan fingerprint density at radius 3 is 2.73 bits per heavy atom. The maximum Gasteiger partial charge on any atom is 0.224 e. The molecule has 4 heteroatoms. The van der Waals surface area contributed by atoms with E-state index < -0.39 is 0 Å². The van der Waals surface area contributed by atoms with Gasteiger partial charge in [0.05, 0.1) is 12.1 Å². The Morgan fingerprint density at radius 1 is 1.27 bits per heavy atom. The van der Waals surface area contributed by atoms with E-state index in [2.05, 4.69) is 39.8 Å². The molecule has 0 spiro atoms. The van der Waals surface area contributed by atoms with Gasteiger partial charge in [-0.15, -0.1) is 0 Å². The number of H-pyrrole nitrogens is 1. The molecule has 1 aromatic heterocycles. The summed E-state index contributed by atoms with van der Waals surface area (Å²) >= 11 is 0. The Morgan fingerprint density at radius 2 is 2.05 bits per heavy atom. The van der Waals surface area contributed by atoms with Crippen molar-refractivity contribution in [3.05, 3.63) is 52.8 Å². The highest BCUT2D eigenvalue weighted by molar-refractivity contribution is 5.79. The first-order valence-corrected chi connectivity index (χ1v) is 8.00. The van der Waals surface area contributed by atoms with Gasteiger partial charge in [0, 0.05) is 23.2 Å². The van der Waals surface area contributed by atoms with Gasteiger partial charge in [-0.25, -0.2) is 0 Å². The van der Waals surface area contributed by atoms with Crippen LogP contribution in [0.4, 0.5) is 0 Å². The topological polar surface area (TPSA) is 57.8 Å². The molecule has 1 aromatic carbocycles. The largest absolute Gasteiger partial charge is 0.352 e. The predicted octanol–water partition coefficient (Wildman–Crippen LogP) is 3.02. The summed E-state index contributed by atoms with van der Waals surface area (Å²) in [5.74, 6) is 0.539. The lowest BCUT2D eigenvalue weighted by Gasteiger charge is -2.21. The number of rotatable bonds is 4. The molecule has 22 heavy (non-hydrogen) atoms. The SMILES string of the molecule is Cc1n[nH]c(C)c1CC(=O)N[C@H]1CCC[C@H]1c1ccccc1. The molecule has 1 saturated carbocycles. The van der Waals surface area contributed by atoms with Gasteiger partial charge in [-0.1, -0.05) is 36.8 Å². The quantitative estimate of drug-likeness (QED) is 0.911. The fourth-order valence-electron chi connectivity index (χ4n) is 3.48. The highest BCUT2D eigenvalue weighted by atomic mass is 16.1. The average molecular weight is 297 g/mol. The predicted molar refractivity (Wildman–Crippen MR) is 86.7 cm³/mol. The second kappa shape index (κ2) is 6.34. The molecular weight excluding hydrogens is 274 g/mol. The van der Waals surface area contributed by atoms with Crippen molar-refractivity contribution in [2.45, 2.75) is 51.5 Å². The van der Waals surface area contributed by atoms with Crippen molar-refractivity contribution in [1.29, 1.82) is 0 Å². The van der Waals surface area contributed by atoms with Crippen LogP contribution in [-0.4, -0.2) is 22.1 Å². The van der Waals surface area contributed by atoms with E-state index >= 15 is 0 Å². The van der Waals surface area contributed by atoms with Crippen molar-refractivity contribution in [3.8, 4) is 0 Å². The third-order valence-electron chi connectivity index (χ3n) is 4.71. The second-order valence-corrected chi connectivity index (χ2v) is 6.21. The van der Waals surface area contributed by atoms with E-state index in [1.54, 1.807) is 0 Å². The zero-order chi connectivity index (χ0) is 15.5. The maximum atomic E-state index is 12.4. The van der Waals surface area contributed by atoms with E-state index in [0.29, 0.717) is 12.3 Å². The number of aryl methyl sites for hydroxylation is 2. The normalized spacial score (nSPS) is 21.0. The molecule has 116 valence electrons. The summed E-state index contributed by atoms with van der Waals surface area (Å²) in [6, 6.07) is 10.8. The van der Waals surface area contributed by atoms with Gasteiger partial charge in [0.25, 0.3) is 0 Å². The van der Waals surface area contributed by atoms with E-state index in [1.807, 2.05) is 19.9 Å². The van der Waals surface area contributed by atoms with E-state index in [-0.39, 0.29) is 11.9 Å². The summed E-state index contributed by atoms with van der Waals surface area (Å²) in [6.07, 6.45) is 3.80. The fourth-order valence-corrected chi connectivity index (χ4v) is 3.48.